The Morgan fingerprint density at radius 2 is 2.00 bits per heavy atom. The van der Waals surface area contributed by atoms with Gasteiger partial charge in [-0.2, -0.15) is 4.99 Å². The molecular weight excluding hydrogens is 397 g/mol. The zero-order chi connectivity index (χ0) is 20.3. The average molecular weight is 414 g/mol. The van der Waals surface area contributed by atoms with Gasteiger partial charge in [0.2, 0.25) is 11.9 Å². The van der Waals surface area contributed by atoms with E-state index in [-0.39, 0.29) is 34.3 Å². The van der Waals surface area contributed by atoms with E-state index in [1.54, 1.807) is 20.8 Å². The Morgan fingerprint density at radius 1 is 1.33 bits per heavy atom. The van der Waals surface area contributed by atoms with Gasteiger partial charge in [0, 0.05) is 6.04 Å². The molecule has 1 aliphatic heterocycles. The number of hydrogen-bond acceptors (Lipinski definition) is 5. The van der Waals surface area contributed by atoms with Crippen LogP contribution in [0.3, 0.4) is 0 Å². The Hall–Kier alpha value is -2.65. The van der Waals surface area contributed by atoms with Crippen LogP contribution in [0, 0.1) is 5.41 Å². The number of nitrogens with one attached hydrogen (secondary N) is 2. The molecule has 0 aromatic heterocycles. The average Bonchev–Trinajstić information content (AvgIpc) is 2.85. The van der Waals surface area contributed by atoms with Crippen molar-refractivity contribution >= 4 is 58.7 Å². The number of anilines is 1. The van der Waals surface area contributed by atoms with Crippen LogP contribution in [0.15, 0.2) is 23.2 Å². The second kappa shape index (κ2) is 8.36. The number of carbonyl (C=O) groups excluding carboxylic acids is 3. The SMILES string of the molecule is CCOC(=O)N(C(=N)N=C1NC(=O)C(=O)N1C(C)C)c1ccc(Cl)c(Cl)c1. The van der Waals surface area contributed by atoms with E-state index in [0.29, 0.717) is 0 Å². The van der Waals surface area contributed by atoms with Crippen molar-refractivity contribution in [2.45, 2.75) is 26.8 Å². The molecule has 0 bridgehead atoms. The molecule has 1 aromatic carbocycles. The molecule has 11 heteroatoms. The molecule has 144 valence electrons. The van der Waals surface area contributed by atoms with Gasteiger partial charge in [-0.15, -0.1) is 0 Å². The fraction of sp³-hybridized carbons (Fsp3) is 0.312. The van der Waals surface area contributed by atoms with Crippen LogP contribution in [0.5, 0.6) is 0 Å². The summed E-state index contributed by atoms with van der Waals surface area (Å²) >= 11 is 11.9. The fourth-order valence-electron chi connectivity index (χ4n) is 2.26. The summed E-state index contributed by atoms with van der Waals surface area (Å²) in [7, 11) is 0. The minimum Gasteiger partial charge on any atom is -0.449 e. The number of carbonyl (C=O) groups is 3. The number of benzene rings is 1. The van der Waals surface area contributed by atoms with Crippen molar-refractivity contribution < 1.29 is 19.1 Å². The second-order valence-electron chi connectivity index (χ2n) is 5.61. The molecular formula is C16H17Cl2N5O4. The molecule has 3 amide bonds. The molecule has 1 saturated heterocycles. The second-order valence-corrected chi connectivity index (χ2v) is 6.43. The van der Waals surface area contributed by atoms with E-state index in [9.17, 15) is 14.4 Å². The highest BCUT2D eigenvalue weighted by Gasteiger charge is 2.38. The van der Waals surface area contributed by atoms with E-state index >= 15 is 0 Å². The highest BCUT2D eigenvalue weighted by molar-refractivity contribution is 6.46. The third kappa shape index (κ3) is 4.37. The van der Waals surface area contributed by atoms with Crippen LogP contribution < -0.4 is 10.2 Å². The monoisotopic (exact) mass is 413 g/mol. The lowest BCUT2D eigenvalue weighted by atomic mass is 10.3. The molecule has 2 rings (SSSR count). The summed E-state index contributed by atoms with van der Waals surface area (Å²) in [5.41, 5.74) is 0.184. The standard InChI is InChI=1S/C16H17Cl2N5O4/c1-4-27-16(26)23(9-5-6-10(17)11(18)7-9)14(19)21-15-20-12(24)13(25)22(15)8(2)3/h5-8H,4H2,1-3H3,(H2,19,20,21,24). The first kappa shape index (κ1) is 20.7. The van der Waals surface area contributed by atoms with Crippen molar-refractivity contribution in [2.75, 3.05) is 11.5 Å². The third-order valence-electron chi connectivity index (χ3n) is 3.42. The maximum atomic E-state index is 12.3. The molecule has 0 unspecified atom stereocenters. The van der Waals surface area contributed by atoms with Crippen molar-refractivity contribution in [3.8, 4) is 0 Å². The third-order valence-corrected chi connectivity index (χ3v) is 4.16. The highest BCUT2D eigenvalue weighted by Crippen LogP contribution is 2.28. The summed E-state index contributed by atoms with van der Waals surface area (Å²) in [6.07, 6.45) is -0.878. The number of amides is 3. The Bertz CT molecular complexity index is 840. The predicted octanol–water partition coefficient (Wildman–Crippen LogP) is 2.61. The largest absolute Gasteiger partial charge is 0.449 e. The summed E-state index contributed by atoms with van der Waals surface area (Å²) in [6, 6.07) is 3.89. The van der Waals surface area contributed by atoms with Gasteiger partial charge in [0.05, 0.1) is 22.3 Å². The van der Waals surface area contributed by atoms with Crippen molar-refractivity contribution in [3.05, 3.63) is 28.2 Å². The number of ether oxygens (including phenoxy) is 1. The van der Waals surface area contributed by atoms with Crippen molar-refractivity contribution in [1.82, 2.24) is 10.2 Å². The molecule has 27 heavy (non-hydrogen) atoms. The molecule has 9 nitrogen and oxygen atoms in total. The van der Waals surface area contributed by atoms with Gasteiger partial charge >= 0.3 is 17.9 Å². The first-order chi connectivity index (χ1) is 12.7. The minimum atomic E-state index is -0.878. The van der Waals surface area contributed by atoms with Gasteiger partial charge in [0.25, 0.3) is 0 Å². The Balaban J connectivity index is 2.45. The predicted molar refractivity (Wildman–Crippen MR) is 101 cm³/mol. The first-order valence-corrected chi connectivity index (χ1v) is 8.66. The van der Waals surface area contributed by atoms with Gasteiger partial charge in [-0.25, -0.2) is 9.69 Å². The van der Waals surface area contributed by atoms with E-state index < -0.39 is 23.9 Å². The first-order valence-electron chi connectivity index (χ1n) is 7.91. The Kier molecular flexibility index (Phi) is 6.40. The van der Waals surface area contributed by atoms with Crippen LogP contribution in [-0.2, 0) is 14.3 Å². The van der Waals surface area contributed by atoms with Crippen molar-refractivity contribution in [1.29, 1.82) is 5.41 Å². The summed E-state index contributed by atoms with van der Waals surface area (Å²) in [5.74, 6) is -2.40. The topological polar surface area (TPSA) is 115 Å². The zero-order valence-corrected chi connectivity index (χ0v) is 16.3. The van der Waals surface area contributed by atoms with E-state index in [2.05, 4.69) is 10.3 Å². The number of nitrogens with zero attached hydrogens (tertiary/aromatic N) is 3. The molecule has 0 saturated carbocycles. The maximum absolute atomic E-state index is 12.3. The minimum absolute atomic E-state index is 0.0633. The molecule has 2 N–H and O–H groups in total. The molecule has 1 fully saturated rings. The van der Waals surface area contributed by atoms with E-state index in [1.807, 2.05) is 0 Å². The molecule has 0 radical (unpaired) electrons. The number of hydrogen-bond donors (Lipinski definition) is 2. The van der Waals surface area contributed by atoms with Gasteiger partial charge in [0.1, 0.15) is 0 Å². The van der Waals surface area contributed by atoms with Crippen LogP contribution >= 0.6 is 23.2 Å². The van der Waals surface area contributed by atoms with Gasteiger partial charge in [0.15, 0.2) is 0 Å². The Labute approximate surface area is 165 Å². The van der Waals surface area contributed by atoms with Gasteiger partial charge < -0.3 is 4.74 Å². The highest BCUT2D eigenvalue weighted by atomic mass is 35.5. The van der Waals surface area contributed by atoms with Crippen LogP contribution in [0.2, 0.25) is 10.0 Å². The van der Waals surface area contributed by atoms with Crippen LogP contribution in [0.1, 0.15) is 20.8 Å². The maximum Gasteiger partial charge on any atom is 0.421 e. The molecule has 1 aliphatic rings. The van der Waals surface area contributed by atoms with E-state index in [4.69, 9.17) is 33.3 Å². The van der Waals surface area contributed by atoms with Crippen LogP contribution in [0.25, 0.3) is 0 Å². The summed E-state index contributed by atoms with van der Waals surface area (Å²) in [5, 5.41) is 10.9. The number of aliphatic imine (C=N–C) groups is 1. The van der Waals surface area contributed by atoms with Crippen LogP contribution in [0.4, 0.5) is 10.5 Å². The van der Waals surface area contributed by atoms with Gasteiger partial charge in [-0.1, -0.05) is 23.2 Å². The van der Waals surface area contributed by atoms with Crippen molar-refractivity contribution in [2.24, 2.45) is 4.99 Å². The molecule has 1 aromatic rings. The van der Waals surface area contributed by atoms with Gasteiger partial charge in [-0.3, -0.25) is 25.2 Å². The molecule has 1 heterocycles. The molecule has 0 aliphatic carbocycles. The van der Waals surface area contributed by atoms with E-state index in [1.165, 1.54) is 18.2 Å². The van der Waals surface area contributed by atoms with E-state index in [0.717, 1.165) is 9.80 Å². The molecule has 0 atom stereocenters. The Morgan fingerprint density at radius 3 is 2.56 bits per heavy atom. The number of guanidine groups is 2. The zero-order valence-electron chi connectivity index (χ0n) is 14.7. The summed E-state index contributed by atoms with van der Waals surface area (Å²) < 4.78 is 4.96. The summed E-state index contributed by atoms with van der Waals surface area (Å²) in [4.78, 5) is 41.8. The van der Waals surface area contributed by atoms with Crippen LogP contribution in [-0.4, -0.2) is 47.4 Å². The van der Waals surface area contributed by atoms with Crippen molar-refractivity contribution in [3.63, 3.8) is 0 Å². The number of halogens is 2. The lowest BCUT2D eigenvalue weighted by molar-refractivity contribution is -0.140. The lowest BCUT2D eigenvalue weighted by Crippen LogP contribution is -2.42. The quantitative estimate of drug-likeness (QED) is 0.449. The van der Waals surface area contributed by atoms with Gasteiger partial charge in [-0.05, 0) is 39.0 Å². The lowest BCUT2D eigenvalue weighted by Gasteiger charge is -2.22. The summed E-state index contributed by atoms with van der Waals surface area (Å²) in [6.45, 7) is 5.03. The number of rotatable bonds is 3. The fourth-order valence-corrected chi connectivity index (χ4v) is 2.55. The molecule has 0 spiro atoms. The smallest absolute Gasteiger partial charge is 0.421 e. The normalized spacial score (nSPS) is 15.3.